The van der Waals surface area contributed by atoms with Crippen LogP contribution in [-0.2, 0) is 17.9 Å². The Bertz CT molecular complexity index is 1270. The van der Waals surface area contributed by atoms with E-state index < -0.39 is 6.04 Å². The fraction of sp³-hybridized carbons (Fsp3) is 0.179. The van der Waals surface area contributed by atoms with Gasteiger partial charge in [-0.15, -0.1) is 6.58 Å². The van der Waals surface area contributed by atoms with Gasteiger partial charge in [-0.3, -0.25) is 14.7 Å². The minimum atomic E-state index is -0.561. The van der Waals surface area contributed by atoms with Gasteiger partial charge in [0.1, 0.15) is 12.4 Å². The molecule has 5 rings (SSSR count). The van der Waals surface area contributed by atoms with E-state index in [0.717, 1.165) is 16.7 Å². The highest BCUT2D eigenvalue weighted by molar-refractivity contribution is 6.01. The SMILES string of the molecule is C=CCN1C(=O)NC(c2cccc(OCc3ccccc3)c2)C2=C1CN(Cc1ccncc1)C2=O. The second kappa shape index (κ2) is 9.85. The Labute approximate surface area is 204 Å². The molecule has 2 aliphatic heterocycles. The number of hydrogen-bond acceptors (Lipinski definition) is 4. The summed E-state index contributed by atoms with van der Waals surface area (Å²) in [5, 5.41) is 3.02. The second-order valence-electron chi connectivity index (χ2n) is 8.51. The maximum atomic E-state index is 13.6. The Morgan fingerprint density at radius 2 is 1.83 bits per heavy atom. The van der Waals surface area contributed by atoms with Crippen molar-refractivity contribution in [3.8, 4) is 5.75 Å². The van der Waals surface area contributed by atoms with E-state index in [0.29, 0.717) is 43.3 Å². The third-order valence-corrected chi connectivity index (χ3v) is 6.17. The van der Waals surface area contributed by atoms with E-state index in [2.05, 4.69) is 16.9 Å². The fourth-order valence-electron chi connectivity index (χ4n) is 4.48. The molecule has 2 aliphatic rings. The first kappa shape index (κ1) is 22.4. The van der Waals surface area contributed by atoms with Crippen molar-refractivity contribution in [1.29, 1.82) is 0 Å². The van der Waals surface area contributed by atoms with Crippen molar-refractivity contribution in [2.75, 3.05) is 13.1 Å². The zero-order valence-electron chi connectivity index (χ0n) is 19.3. The Hall–Kier alpha value is -4.39. The molecular weight excluding hydrogens is 440 g/mol. The molecule has 1 atom stereocenters. The molecule has 0 saturated carbocycles. The topological polar surface area (TPSA) is 74.8 Å². The van der Waals surface area contributed by atoms with Gasteiger partial charge in [0.15, 0.2) is 0 Å². The van der Waals surface area contributed by atoms with Crippen molar-refractivity contribution in [2.45, 2.75) is 19.2 Å². The van der Waals surface area contributed by atoms with Crippen LogP contribution in [0, 0.1) is 0 Å². The maximum Gasteiger partial charge on any atom is 0.322 e. The number of amides is 3. The summed E-state index contributed by atoms with van der Waals surface area (Å²) in [5.41, 5.74) is 4.14. The highest BCUT2D eigenvalue weighted by Crippen LogP contribution is 2.37. The number of nitrogens with one attached hydrogen (secondary N) is 1. The van der Waals surface area contributed by atoms with Crippen LogP contribution in [0.15, 0.2) is 103 Å². The highest BCUT2D eigenvalue weighted by Gasteiger charge is 2.43. The molecule has 1 unspecified atom stereocenters. The van der Waals surface area contributed by atoms with Crippen molar-refractivity contribution in [3.63, 3.8) is 0 Å². The number of pyridine rings is 1. The monoisotopic (exact) mass is 466 g/mol. The van der Waals surface area contributed by atoms with Crippen molar-refractivity contribution < 1.29 is 14.3 Å². The number of aromatic nitrogens is 1. The number of hydrogen-bond donors (Lipinski definition) is 1. The molecule has 0 radical (unpaired) electrons. The van der Waals surface area contributed by atoms with Gasteiger partial charge in [0.05, 0.1) is 23.9 Å². The lowest BCUT2D eigenvalue weighted by Crippen LogP contribution is -2.47. The molecule has 0 aliphatic carbocycles. The molecule has 0 bridgehead atoms. The number of carbonyl (C=O) groups is 2. The van der Waals surface area contributed by atoms with Gasteiger partial charge in [-0.2, -0.15) is 0 Å². The van der Waals surface area contributed by atoms with Crippen LogP contribution >= 0.6 is 0 Å². The summed E-state index contributed by atoms with van der Waals surface area (Å²) in [6.07, 6.45) is 5.09. The minimum Gasteiger partial charge on any atom is -0.489 e. The third kappa shape index (κ3) is 4.66. The average Bonchev–Trinajstić information content (AvgIpc) is 3.21. The largest absolute Gasteiger partial charge is 0.489 e. The Balaban J connectivity index is 1.43. The lowest BCUT2D eigenvalue weighted by Gasteiger charge is -2.33. The summed E-state index contributed by atoms with van der Waals surface area (Å²) >= 11 is 0. The van der Waals surface area contributed by atoms with Crippen molar-refractivity contribution in [3.05, 3.63) is 120 Å². The molecule has 1 N–H and O–H groups in total. The van der Waals surface area contributed by atoms with Crippen LogP contribution in [0.2, 0.25) is 0 Å². The van der Waals surface area contributed by atoms with Gasteiger partial charge >= 0.3 is 6.03 Å². The van der Waals surface area contributed by atoms with Gasteiger partial charge in [-0.05, 0) is 41.0 Å². The first-order valence-corrected chi connectivity index (χ1v) is 11.5. The molecule has 176 valence electrons. The molecule has 0 spiro atoms. The molecule has 35 heavy (non-hydrogen) atoms. The lowest BCUT2D eigenvalue weighted by atomic mass is 9.95. The zero-order chi connectivity index (χ0) is 24.2. The first-order valence-electron chi connectivity index (χ1n) is 11.5. The van der Waals surface area contributed by atoms with E-state index in [4.69, 9.17) is 4.74 Å². The van der Waals surface area contributed by atoms with E-state index in [1.165, 1.54) is 0 Å². The van der Waals surface area contributed by atoms with Crippen LogP contribution in [0.1, 0.15) is 22.7 Å². The predicted molar refractivity (Wildman–Crippen MR) is 132 cm³/mol. The Kier molecular flexibility index (Phi) is 6.30. The third-order valence-electron chi connectivity index (χ3n) is 6.17. The molecule has 3 aromatic rings. The van der Waals surface area contributed by atoms with Crippen LogP contribution < -0.4 is 10.1 Å². The molecule has 7 nitrogen and oxygen atoms in total. The maximum absolute atomic E-state index is 13.6. The van der Waals surface area contributed by atoms with E-state index in [-0.39, 0.29) is 11.9 Å². The van der Waals surface area contributed by atoms with Crippen LogP contribution in [0.5, 0.6) is 5.75 Å². The van der Waals surface area contributed by atoms with Gasteiger partial charge in [0.25, 0.3) is 5.91 Å². The molecule has 3 heterocycles. The number of carbonyl (C=O) groups excluding carboxylic acids is 2. The normalized spacial score (nSPS) is 17.3. The number of ether oxygens (including phenoxy) is 1. The van der Waals surface area contributed by atoms with E-state index in [1.807, 2.05) is 66.7 Å². The van der Waals surface area contributed by atoms with Crippen LogP contribution in [0.3, 0.4) is 0 Å². The summed E-state index contributed by atoms with van der Waals surface area (Å²) in [6.45, 7) is 5.34. The van der Waals surface area contributed by atoms with Gasteiger partial charge in [-0.25, -0.2) is 4.79 Å². The van der Waals surface area contributed by atoms with Gasteiger partial charge in [0, 0.05) is 25.5 Å². The zero-order valence-corrected chi connectivity index (χ0v) is 19.3. The van der Waals surface area contributed by atoms with Crippen molar-refractivity contribution in [2.24, 2.45) is 0 Å². The molecule has 2 aromatic carbocycles. The molecule has 0 fully saturated rings. The number of nitrogens with zero attached hydrogens (tertiary/aromatic N) is 3. The molecule has 7 heteroatoms. The minimum absolute atomic E-state index is 0.0912. The van der Waals surface area contributed by atoms with Gasteiger partial charge < -0.3 is 15.0 Å². The molecule has 3 amide bonds. The van der Waals surface area contributed by atoms with E-state index in [9.17, 15) is 9.59 Å². The Morgan fingerprint density at radius 3 is 2.60 bits per heavy atom. The Morgan fingerprint density at radius 1 is 1.03 bits per heavy atom. The molecule has 0 saturated heterocycles. The van der Waals surface area contributed by atoms with Gasteiger partial charge in [-0.1, -0.05) is 48.5 Å². The number of benzene rings is 2. The van der Waals surface area contributed by atoms with E-state index >= 15 is 0 Å². The van der Waals surface area contributed by atoms with Gasteiger partial charge in [0.2, 0.25) is 0 Å². The number of rotatable bonds is 8. The molecular formula is C28H26N4O3. The fourth-order valence-corrected chi connectivity index (χ4v) is 4.48. The lowest BCUT2D eigenvalue weighted by molar-refractivity contribution is -0.126. The summed E-state index contributed by atoms with van der Waals surface area (Å²) in [7, 11) is 0. The van der Waals surface area contributed by atoms with Crippen molar-refractivity contribution >= 4 is 11.9 Å². The predicted octanol–water partition coefficient (Wildman–Crippen LogP) is 4.21. The summed E-state index contributed by atoms with van der Waals surface area (Å²) < 4.78 is 5.99. The van der Waals surface area contributed by atoms with Crippen LogP contribution in [0.25, 0.3) is 0 Å². The van der Waals surface area contributed by atoms with Crippen molar-refractivity contribution in [1.82, 2.24) is 20.1 Å². The summed E-state index contributed by atoms with van der Waals surface area (Å²) in [6, 6.07) is 20.4. The van der Waals surface area contributed by atoms with Crippen LogP contribution in [-0.4, -0.2) is 39.8 Å². The average molecular weight is 467 g/mol. The summed E-state index contributed by atoms with van der Waals surface area (Å²) in [4.78, 5) is 34.1. The summed E-state index contributed by atoms with van der Waals surface area (Å²) in [5.74, 6) is 0.585. The van der Waals surface area contributed by atoms with Crippen LogP contribution in [0.4, 0.5) is 4.79 Å². The molecule has 1 aromatic heterocycles. The number of urea groups is 1. The quantitative estimate of drug-likeness (QED) is 0.505. The highest BCUT2D eigenvalue weighted by atomic mass is 16.5. The first-order chi connectivity index (χ1) is 17.1. The standard InChI is InChI=1S/C28H26N4O3/c1-2-15-32-24-18-31(17-20-11-13-29-14-12-20)27(33)25(24)26(30-28(32)34)22-9-6-10-23(16-22)35-19-21-7-4-3-5-8-21/h2-14,16,26H,1,15,17-19H2,(H,30,34). The second-order valence-corrected chi connectivity index (χ2v) is 8.51. The van der Waals surface area contributed by atoms with E-state index in [1.54, 1.807) is 28.3 Å². The smallest absolute Gasteiger partial charge is 0.322 e.